The molecule has 4 heterocycles. The van der Waals surface area contributed by atoms with Gasteiger partial charge in [-0.2, -0.15) is 5.26 Å². The number of nitrogens with zero attached hydrogens (tertiary/aromatic N) is 4. The molecule has 0 aromatic carbocycles. The number of anilines is 1. The molecule has 0 unspecified atom stereocenters. The van der Waals surface area contributed by atoms with Crippen LogP contribution in [0.15, 0.2) is 16.7 Å². The lowest BCUT2D eigenvalue weighted by molar-refractivity contribution is -0.123. The number of aromatic nitrogens is 1. The number of hydrogen-bond donors (Lipinski definition) is 0. The Balaban J connectivity index is 1.40. The summed E-state index contributed by atoms with van der Waals surface area (Å²) in [7, 11) is 0. The number of carbonyl (C=O) groups is 1. The van der Waals surface area contributed by atoms with E-state index in [4.69, 9.17) is 4.74 Å². The first-order chi connectivity index (χ1) is 12.9. The highest BCUT2D eigenvalue weighted by Gasteiger charge is 2.58. The molecule has 3 fully saturated rings. The average Bonchev–Trinajstić information content (AvgIpc) is 3.22. The molecule has 0 N–H and O–H groups in total. The van der Waals surface area contributed by atoms with Crippen molar-refractivity contribution in [2.45, 2.75) is 43.7 Å². The Labute approximate surface area is 167 Å². The highest BCUT2D eigenvalue weighted by Crippen LogP contribution is 2.50. The van der Waals surface area contributed by atoms with Crippen molar-refractivity contribution in [1.82, 2.24) is 9.88 Å². The molecule has 142 valence electrons. The van der Waals surface area contributed by atoms with Gasteiger partial charge < -0.3 is 9.64 Å². The van der Waals surface area contributed by atoms with Gasteiger partial charge in [0.15, 0.2) is 0 Å². The summed E-state index contributed by atoms with van der Waals surface area (Å²) in [5.41, 5.74) is 0.658. The van der Waals surface area contributed by atoms with Crippen molar-refractivity contribution in [2.24, 2.45) is 11.8 Å². The van der Waals surface area contributed by atoms with Gasteiger partial charge in [-0.25, -0.2) is 0 Å². The lowest BCUT2D eigenvalue weighted by Gasteiger charge is -2.51. The minimum Gasteiger partial charge on any atom is -0.381 e. The number of fused-ring (bicyclic) bond motifs is 2. The van der Waals surface area contributed by atoms with Crippen molar-refractivity contribution in [3.05, 3.63) is 22.4 Å². The first-order valence-electron chi connectivity index (χ1n) is 9.59. The maximum absolute atomic E-state index is 13.2. The molecule has 6 nitrogen and oxygen atoms in total. The van der Waals surface area contributed by atoms with Crippen molar-refractivity contribution in [2.75, 3.05) is 31.2 Å². The standard InChI is InChI=1S/C20H23BrN4O2/c1-19(2)17-16(3-14(21)6-23-17)25(18(19)26)15-4-20(5-15,11-22)24-7-12-9-27-10-13(12)8-24/h3,6,12-13,15H,4-5,7-10H2,1-2H3/t12-,13+,15?,20?. The lowest BCUT2D eigenvalue weighted by Crippen LogP contribution is -2.63. The molecule has 27 heavy (non-hydrogen) atoms. The Bertz CT molecular complexity index is 846. The van der Waals surface area contributed by atoms with Crippen LogP contribution in [0.3, 0.4) is 0 Å². The van der Waals surface area contributed by atoms with Gasteiger partial charge in [0, 0.05) is 54.5 Å². The molecule has 0 radical (unpaired) electrons. The van der Waals surface area contributed by atoms with Gasteiger partial charge in [0.1, 0.15) is 5.54 Å². The SMILES string of the molecule is CC1(C)C(=O)N(C2CC(C#N)(N3C[C@H]4COC[C@H]4C3)C2)c2cc(Br)cnc21. The number of rotatable bonds is 2. The van der Waals surface area contributed by atoms with Crippen LogP contribution >= 0.6 is 15.9 Å². The molecule has 2 saturated heterocycles. The third-order valence-electron chi connectivity index (χ3n) is 7.00. The van der Waals surface area contributed by atoms with Gasteiger partial charge in [-0.1, -0.05) is 0 Å². The highest BCUT2D eigenvalue weighted by atomic mass is 79.9. The third-order valence-corrected chi connectivity index (χ3v) is 7.44. The van der Waals surface area contributed by atoms with E-state index in [0.717, 1.165) is 42.2 Å². The second-order valence-electron chi connectivity index (χ2n) is 8.99. The first kappa shape index (κ1) is 17.6. The van der Waals surface area contributed by atoms with Crippen molar-refractivity contribution < 1.29 is 9.53 Å². The number of likely N-dealkylation sites (tertiary alicyclic amines) is 1. The zero-order valence-electron chi connectivity index (χ0n) is 15.6. The third kappa shape index (κ3) is 2.36. The maximum atomic E-state index is 13.2. The summed E-state index contributed by atoms with van der Waals surface area (Å²) in [5.74, 6) is 1.20. The van der Waals surface area contributed by atoms with Gasteiger partial charge in [-0.15, -0.1) is 0 Å². The predicted octanol–water partition coefficient (Wildman–Crippen LogP) is 2.47. The molecule has 1 amide bonds. The van der Waals surface area contributed by atoms with Crippen LogP contribution in [0.5, 0.6) is 0 Å². The van der Waals surface area contributed by atoms with Gasteiger partial charge in [0.2, 0.25) is 5.91 Å². The molecule has 0 spiro atoms. The Hall–Kier alpha value is -1.49. The number of nitriles is 1. The molecule has 4 aliphatic rings. The van der Waals surface area contributed by atoms with Crippen LogP contribution < -0.4 is 4.90 Å². The van der Waals surface area contributed by atoms with E-state index in [1.807, 2.05) is 24.8 Å². The Morgan fingerprint density at radius 2 is 1.96 bits per heavy atom. The molecule has 3 aliphatic heterocycles. The summed E-state index contributed by atoms with van der Waals surface area (Å²) in [5, 5.41) is 9.98. The van der Waals surface area contributed by atoms with Crippen LogP contribution in [-0.4, -0.2) is 53.7 Å². The van der Waals surface area contributed by atoms with E-state index < -0.39 is 11.0 Å². The number of carbonyl (C=O) groups excluding carboxylic acids is 1. The summed E-state index contributed by atoms with van der Waals surface area (Å²) in [4.78, 5) is 22.0. The Kier molecular flexibility index (Phi) is 3.75. The molecule has 1 saturated carbocycles. The second kappa shape index (κ2) is 5.76. The molecule has 2 atom stereocenters. The lowest BCUT2D eigenvalue weighted by atomic mass is 9.71. The molecule has 0 bridgehead atoms. The second-order valence-corrected chi connectivity index (χ2v) is 9.91. The zero-order chi connectivity index (χ0) is 19.0. The largest absolute Gasteiger partial charge is 0.381 e. The molecule has 1 aromatic rings. The summed E-state index contributed by atoms with van der Waals surface area (Å²) in [6.07, 6.45) is 3.16. The quantitative estimate of drug-likeness (QED) is 0.720. The van der Waals surface area contributed by atoms with Crippen molar-refractivity contribution in [1.29, 1.82) is 5.26 Å². The Morgan fingerprint density at radius 3 is 2.59 bits per heavy atom. The monoisotopic (exact) mass is 430 g/mol. The maximum Gasteiger partial charge on any atom is 0.239 e. The predicted molar refractivity (Wildman–Crippen MR) is 103 cm³/mol. The fourth-order valence-corrected chi connectivity index (χ4v) is 5.65. The van der Waals surface area contributed by atoms with Crippen molar-refractivity contribution in [3.8, 4) is 6.07 Å². The molecule has 5 rings (SSSR count). The number of amides is 1. The number of ether oxygens (including phenoxy) is 1. The fraction of sp³-hybridized carbons (Fsp3) is 0.650. The minimum atomic E-state index is -0.622. The van der Waals surface area contributed by atoms with Crippen molar-refractivity contribution >= 4 is 27.5 Å². The van der Waals surface area contributed by atoms with E-state index in [-0.39, 0.29) is 11.9 Å². The molecular weight excluding hydrogens is 408 g/mol. The van der Waals surface area contributed by atoms with E-state index in [9.17, 15) is 10.1 Å². The van der Waals surface area contributed by atoms with E-state index in [0.29, 0.717) is 24.7 Å². The van der Waals surface area contributed by atoms with E-state index in [1.54, 1.807) is 6.20 Å². The number of hydrogen-bond acceptors (Lipinski definition) is 5. The normalized spacial score (nSPS) is 37.0. The van der Waals surface area contributed by atoms with Crippen LogP contribution in [0.4, 0.5) is 5.69 Å². The van der Waals surface area contributed by atoms with Crippen LogP contribution in [-0.2, 0) is 14.9 Å². The highest BCUT2D eigenvalue weighted by molar-refractivity contribution is 9.10. The van der Waals surface area contributed by atoms with Gasteiger partial charge in [0.05, 0.1) is 36.1 Å². The molecule has 7 heteroatoms. The average molecular weight is 431 g/mol. The smallest absolute Gasteiger partial charge is 0.239 e. The van der Waals surface area contributed by atoms with Gasteiger partial charge in [-0.3, -0.25) is 14.7 Å². The molecular formula is C20H23BrN4O2. The van der Waals surface area contributed by atoms with E-state index in [1.165, 1.54) is 0 Å². The Morgan fingerprint density at radius 1 is 1.30 bits per heavy atom. The summed E-state index contributed by atoms with van der Waals surface area (Å²) in [6.45, 7) is 7.39. The van der Waals surface area contributed by atoms with Crippen molar-refractivity contribution in [3.63, 3.8) is 0 Å². The van der Waals surface area contributed by atoms with Gasteiger partial charge in [-0.05, 0) is 35.8 Å². The van der Waals surface area contributed by atoms with Crippen LogP contribution in [0, 0.1) is 23.2 Å². The zero-order valence-corrected chi connectivity index (χ0v) is 17.2. The van der Waals surface area contributed by atoms with E-state index >= 15 is 0 Å². The number of halogens is 1. The molecule has 1 aromatic heterocycles. The van der Waals surface area contributed by atoms with E-state index in [2.05, 4.69) is 31.9 Å². The summed E-state index contributed by atoms with van der Waals surface area (Å²) < 4.78 is 6.44. The minimum absolute atomic E-state index is 0.0606. The summed E-state index contributed by atoms with van der Waals surface area (Å²) >= 11 is 3.48. The van der Waals surface area contributed by atoms with Crippen LogP contribution in [0.1, 0.15) is 32.4 Å². The topological polar surface area (TPSA) is 69.5 Å². The van der Waals surface area contributed by atoms with Crippen LogP contribution in [0.25, 0.3) is 0 Å². The fourth-order valence-electron chi connectivity index (χ4n) is 5.33. The van der Waals surface area contributed by atoms with Gasteiger partial charge >= 0.3 is 0 Å². The molecule has 1 aliphatic carbocycles. The number of pyridine rings is 1. The van der Waals surface area contributed by atoms with Gasteiger partial charge in [0.25, 0.3) is 0 Å². The van der Waals surface area contributed by atoms with Crippen LogP contribution in [0.2, 0.25) is 0 Å². The summed E-state index contributed by atoms with van der Waals surface area (Å²) in [6, 6.07) is 4.64. The first-order valence-corrected chi connectivity index (χ1v) is 10.4.